The second-order valence-corrected chi connectivity index (χ2v) is 24.4. The van der Waals surface area contributed by atoms with Crippen molar-refractivity contribution in [3.8, 4) is 5.82 Å². The Morgan fingerprint density at radius 2 is 0.931 bits per heavy atom. The van der Waals surface area contributed by atoms with Gasteiger partial charge in [-0.25, -0.2) is 4.98 Å². The Kier molecular flexibility index (Phi) is 11.8. The van der Waals surface area contributed by atoms with Crippen LogP contribution in [0.2, 0.25) is 0 Å². The standard InChI is InChI=1S/C67H73N5/c1-63(2,3)45-27-29-47(30-28-45)67(12,13)49-35-36-68-62(41-49)72-58-34-31-48(66(10,11)46-21-16-15-17-22-46)40-57(58)56-33-32-53(43-61(56)72)69(14)52-23-20-24-54(42-52)70-44-71(60-26-19-18-25-59(60)70)55-38-50(64(4,5)6)37-51(39-55)65(7,8)9/h15-43H,44H2,1-14H3. The van der Waals surface area contributed by atoms with Crippen LogP contribution in [0.4, 0.5) is 34.1 Å². The summed E-state index contributed by atoms with van der Waals surface area (Å²) < 4.78 is 2.38. The topological polar surface area (TPSA) is 27.5 Å². The van der Waals surface area contributed by atoms with E-state index in [1.165, 1.54) is 66.8 Å². The summed E-state index contributed by atoms with van der Waals surface area (Å²) in [6.45, 7) is 30.7. The molecule has 0 aliphatic carbocycles. The first-order valence-corrected chi connectivity index (χ1v) is 25.9. The van der Waals surface area contributed by atoms with Crippen molar-refractivity contribution in [1.29, 1.82) is 0 Å². The van der Waals surface area contributed by atoms with Crippen LogP contribution in [0.15, 0.2) is 176 Å². The van der Waals surface area contributed by atoms with Crippen molar-refractivity contribution >= 4 is 55.9 Å². The van der Waals surface area contributed by atoms with E-state index in [2.05, 4.69) is 286 Å². The van der Waals surface area contributed by atoms with Gasteiger partial charge in [0.2, 0.25) is 0 Å². The molecule has 0 amide bonds. The Balaban J connectivity index is 1.06. The maximum atomic E-state index is 5.16. The van der Waals surface area contributed by atoms with Gasteiger partial charge in [-0.2, -0.15) is 0 Å². The number of para-hydroxylation sites is 2. The summed E-state index contributed by atoms with van der Waals surface area (Å²) in [7, 11) is 2.19. The molecule has 1 aliphatic rings. The fourth-order valence-electron chi connectivity index (χ4n) is 10.7. The molecule has 1 aliphatic heterocycles. The number of pyridine rings is 1. The van der Waals surface area contributed by atoms with E-state index in [-0.39, 0.29) is 27.1 Å². The van der Waals surface area contributed by atoms with Crippen LogP contribution in [-0.2, 0) is 27.1 Å². The molecule has 0 bridgehead atoms. The molecule has 2 aromatic heterocycles. The first kappa shape index (κ1) is 48.5. The molecule has 10 rings (SSSR count). The number of anilines is 6. The van der Waals surface area contributed by atoms with Crippen molar-refractivity contribution in [2.24, 2.45) is 0 Å². The van der Waals surface area contributed by atoms with Gasteiger partial charge >= 0.3 is 0 Å². The lowest BCUT2D eigenvalue weighted by Crippen LogP contribution is -2.25. The van der Waals surface area contributed by atoms with Gasteiger partial charge in [-0.3, -0.25) is 4.57 Å². The average Bonchev–Trinajstić information content (AvgIpc) is 3.91. The molecule has 0 saturated heterocycles. The van der Waals surface area contributed by atoms with E-state index in [9.17, 15) is 0 Å². The first-order chi connectivity index (χ1) is 34.0. The van der Waals surface area contributed by atoms with E-state index in [0.717, 1.165) is 33.9 Å². The highest BCUT2D eigenvalue weighted by Crippen LogP contribution is 2.47. The minimum atomic E-state index is -0.255. The molecule has 0 N–H and O–H groups in total. The van der Waals surface area contributed by atoms with Crippen LogP contribution in [0.25, 0.3) is 27.6 Å². The summed E-state index contributed by atoms with van der Waals surface area (Å²) in [5, 5.41) is 2.41. The van der Waals surface area contributed by atoms with Crippen molar-refractivity contribution in [2.45, 2.75) is 117 Å². The summed E-state index contributed by atoms with van der Waals surface area (Å²) in [4.78, 5) is 12.4. The molecule has 0 fully saturated rings. The van der Waals surface area contributed by atoms with E-state index in [1.807, 2.05) is 6.20 Å². The van der Waals surface area contributed by atoms with Gasteiger partial charge in [0, 0.05) is 57.6 Å². The Morgan fingerprint density at radius 1 is 0.389 bits per heavy atom. The molecule has 0 radical (unpaired) electrons. The normalized spacial score (nSPS) is 13.6. The summed E-state index contributed by atoms with van der Waals surface area (Å²) in [6, 6.07) is 63.6. The summed E-state index contributed by atoms with van der Waals surface area (Å²) in [5.41, 5.74) is 18.1. The molecule has 72 heavy (non-hydrogen) atoms. The maximum absolute atomic E-state index is 5.16. The fraction of sp³-hybridized carbons (Fsp3) is 0.299. The lowest BCUT2D eigenvalue weighted by atomic mass is 9.77. The minimum absolute atomic E-state index is 0.0182. The van der Waals surface area contributed by atoms with Gasteiger partial charge in [0.1, 0.15) is 12.5 Å². The van der Waals surface area contributed by atoms with Crippen molar-refractivity contribution < 1.29 is 0 Å². The molecule has 0 atom stereocenters. The third kappa shape index (κ3) is 8.75. The molecule has 5 heteroatoms. The van der Waals surface area contributed by atoms with Crippen LogP contribution in [-0.4, -0.2) is 23.3 Å². The number of aromatic nitrogens is 2. The lowest BCUT2D eigenvalue weighted by molar-refractivity contribution is 0.568. The smallest absolute Gasteiger partial charge is 0.137 e. The van der Waals surface area contributed by atoms with Crippen molar-refractivity contribution in [2.75, 3.05) is 28.4 Å². The highest BCUT2D eigenvalue weighted by Gasteiger charge is 2.32. The Labute approximate surface area is 429 Å². The van der Waals surface area contributed by atoms with E-state index in [0.29, 0.717) is 6.67 Å². The van der Waals surface area contributed by atoms with E-state index in [1.54, 1.807) is 0 Å². The fourth-order valence-corrected chi connectivity index (χ4v) is 10.7. The van der Waals surface area contributed by atoms with E-state index >= 15 is 0 Å². The van der Waals surface area contributed by atoms with Gasteiger partial charge in [0.15, 0.2) is 0 Å². The van der Waals surface area contributed by atoms with Crippen LogP contribution in [0.1, 0.15) is 129 Å². The van der Waals surface area contributed by atoms with Crippen LogP contribution in [0.3, 0.4) is 0 Å². The molecule has 7 aromatic carbocycles. The Hall–Kier alpha value is -7.11. The van der Waals surface area contributed by atoms with Crippen molar-refractivity contribution in [1.82, 2.24) is 9.55 Å². The van der Waals surface area contributed by atoms with E-state index < -0.39 is 0 Å². The van der Waals surface area contributed by atoms with Crippen LogP contribution in [0, 0.1) is 0 Å². The highest BCUT2D eigenvalue weighted by atomic mass is 15.4. The highest BCUT2D eigenvalue weighted by molar-refractivity contribution is 6.10. The predicted molar refractivity (Wildman–Crippen MR) is 308 cm³/mol. The van der Waals surface area contributed by atoms with Gasteiger partial charge in [-0.1, -0.05) is 181 Å². The molecule has 5 nitrogen and oxygen atoms in total. The Bertz CT molecular complexity index is 3430. The molecule has 0 saturated carbocycles. The predicted octanol–water partition coefficient (Wildman–Crippen LogP) is 17.7. The molecular formula is C67H73N5. The zero-order valence-corrected chi connectivity index (χ0v) is 45.2. The number of hydrogen-bond acceptors (Lipinski definition) is 4. The monoisotopic (exact) mass is 948 g/mol. The number of rotatable bonds is 9. The zero-order chi connectivity index (χ0) is 51.1. The van der Waals surface area contributed by atoms with E-state index in [4.69, 9.17) is 4.98 Å². The molecule has 0 unspecified atom stereocenters. The second-order valence-electron chi connectivity index (χ2n) is 24.4. The Morgan fingerprint density at radius 3 is 1.56 bits per heavy atom. The minimum Gasteiger partial charge on any atom is -0.344 e. The van der Waals surface area contributed by atoms with Gasteiger partial charge in [0.05, 0.1) is 22.4 Å². The van der Waals surface area contributed by atoms with Crippen molar-refractivity contribution in [3.05, 3.63) is 215 Å². The molecular weight excluding hydrogens is 875 g/mol. The van der Waals surface area contributed by atoms with Gasteiger partial charge < -0.3 is 14.7 Å². The largest absolute Gasteiger partial charge is 0.344 e. The summed E-state index contributed by atoms with van der Waals surface area (Å²) >= 11 is 0. The summed E-state index contributed by atoms with van der Waals surface area (Å²) in [6.07, 6.45) is 1.99. The zero-order valence-electron chi connectivity index (χ0n) is 45.2. The van der Waals surface area contributed by atoms with Crippen LogP contribution >= 0.6 is 0 Å². The van der Waals surface area contributed by atoms with Gasteiger partial charge in [0.25, 0.3) is 0 Å². The number of hydrogen-bond donors (Lipinski definition) is 0. The number of benzene rings is 7. The molecule has 9 aromatic rings. The quantitative estimate of drug-likeness (QED) is 0.144. The molecule has 3 heterocycles. The lowest BCUT2D eigenvalue weighted by Gasteiger charge is -2.29. The second kappa shape index (κ2) is 17.6. The molecule has 366 valence electrons. The number of fused-ring (bicyclic) bond motifs is 4. The third-order valence-electron chi connectivity index (χ3n) is 15.8. The first-order valence-electron chi connectivity index (χ1n) is 25.9. The van der Waals surface area contributed by atoms with Crippen LogP contribution < -0.4 is 14.7 Å². The SMILES string of the molecule is CN(c1cccc(N2CN(c3cc(C(C)(C)C)cc(C(C)(C)C)c3)c3ccccc32)c1)c1ccc2c3cc(C(C)(C)c4ccccc4)ccc3n(-c3cc(C(C)(C)c4ccc(C(C)(C)C)cc4)ccn3)c2c1. The third-order valence-corrected chi connectivity index (χ3v) is 15.8. The van der Waals surface area contributed by atoms with Gasteiger partial charge in [-0.15, -0.1) is 0 Å². The molecule has 0 spiro atoms. The summed E-state index contributed by atoms with van der Waals surface area (Å²) in [5.74, 6) is 0.906. The van der Waals surface area contributed by atoms with Gasteiger partial charge in [-0.05, 0) is 134 Å². The van der Waals surface area contributed by atoms with Crippen molar-refractivity contribution in [3.63, 3.8) is 0 Å². The maximum Gasteiger partial charge on any atom is 0.137 e. The van der Waals surface area contributed by atoms with Crippen LogP contribution in [0.5, 0.6) is 0 Å². The number of nitrogens with zero attached hydrogens (tertiary/aromatic N) is 5. The average molecular weight is 948 g/mol.